The maximum atomic E-state index is 5.23. The number of benzene rings is 1. The molecule has 1 atom stereocenters. The SMILES string of the molecule is CCNC(=NCc1cccc(N(C)C)n1)NCCC(C)c1ccc(OC)cc1. The number of aliphatic imine (C=N–C) groups is 1. The van der Waals surface area contributed by atoms with E-state index in [4.69, 9.17) is 4.74 Å². The van der Waals surface area contributed by atoms with Crippen molar-refractivity contribution >= 4 is 11.8 Å². The lowest BCUT2D eigenvalue weighted by Crippen LogP contribution is -2.38. The van der Waals surface area contributed by atoms with E-state index in [9.17, 15) is 0 Å². The molecule has 6 heteroatoms. The molecule has 0 radical (unpaired) electrons. The van der Waals surface area contributed by atoms with E-state index in [2.05, 4.69) is 46.6 Å². The summed E-state index contributed by atoms with van der Waals surface area (Å²) in [6.45, 7) is 6.53. The van der Waals surface area contributed by atoms with Crippen LogP contribution in [0.1, 0.15) is 37.4 Å². The Morgan fingerprint density at radius 3 is 2.54 bits per heavy atom. The summed E-state index contributed by atoms with van der Waals surface area (Å²) in [4.78, 5) is 11.3. The van der Waals surface area contributed by atoms with Gasteiger partial charge in [-0.15, -0.1) is 0 Å². The molecule has 0 aliphatic carbocycles. The van der Waals surface area contributed by atoms with E-state index in [1.165, 1.54) is 5.56 Å². The molecule has 0 aliphatic rings. The van der Waals surface area contributed by atoms with Gasteiger partial charge < -0.3 is 20.3 Å². The maximum Gasteiger partial charge on any atom is 0.191 e. The van der Waals surface area contributed by atoms with Crippen LogP contribution in [0.15, 0.2) is 47.5 Å². The highest BCUT2D eigenvalue weighted by molar-refractivity contribution is 5.79. The molecule has 28 heavy (non-hydrogen) atoms. The van der Waals surface area contributed by atoms with Crippen LogP contribution in [0.2, 0.25) is 0 Å². The van der Waals surface area contributed by atoms with E-state index in [0.29, 0.717) is 12.5 Å². The van der Waals surface area contributed by atoms with E-state index in [1.54, 1.807) is 7.11 Å². The van der Waals surface area contributed by atoms with Crippen molar-refractivity contribution in [2.24, 2.45) is 4.99 Å². The summed E-state index contributed by atoms with van der Waals surface area (Å²) < 4.78 is 5.23. The Kier molecular flexibility index (Phi) is 8.59. The molecule has 0 amide bonds. The second kappa shape index (κ2) is 11.2. The molecule has 1 aromatic heterocycles. The summed E-state index contributed by atoms with van der Waals surface area (Å²) in [6, 6.07) is 14.3. The number of nitrogens with zero attached hydrogens (tertiary/aromatic N) is 3. The lowest BCUT2D eigenvalue weighted by molar-refractivity contribution is 0.414. The predicted molar refractivity (Wildman–Crippen MR) is 117 cm³/mol. The number of pyridine rings is 1. The number of nitrogens with one attached hydrogen (secondary N) is 2. The predicted octanol–water partition coefficient (Wildman–Crippen LogP) is 3.41. The van der Waals surface area contributed by atoms with Crippen LogP contribution >= 0.6 is 0 Å². The zero-order chi connectivity index (χ0) is 20.4. The van der Waals surface area contributed by atoms with Gasteiger partial charge in [-0.2, -0.15) is 0 Å². The van der Waals surface area contributed by atoms with Crippen LogP contribution in [0.5, 0.6) is 5.75 Å². The second-order valence-corrected chi connectivity index (χ2v) is 6.97. The van der Waals surface area contributed by atoms with Crippen molar-refractivity contribution < 1.29 is 4.74 Å². The van der Waals surface area contributed by atoms with Gasteiger partial charge in [0, 0.05) is 27.2 Å². The molecule has 0 bridgehead atoms. The first kappa shape index (κ1) is 21.5. The third-order valence-electron chi connectivity index (χ3n) is 4.55. The minimum absolute atomic E-state index is 0.458. The normalized spacial score (nSPS) is 12.4. The Morgan fingerprint density at radius 2 is 1.89 bits per heavy atom. The number of ether oxygens (including phenoxy) is 1. The molecule has 1 unspecified atom stereocenters. The van der Waals surface area contributed by atoms with Gasteiger partial charge in [0.1, 0.15) is 11.6 Å². The molecular formula is C22H33N5O. The number of aromatic nitrogens is 1. The van der Waals surface area contributed by atoms with Crippen molar-refractivity contribution in [2.75, 3.05) is 39.2 Å². The highest BCUT2D eigenvalue weighted by Gasteiger charge is 2.07. The monoisotopic (exact) mass is 383 g/mol. The number of hydrogen-bond donors (Lipinski definition) is 2. The first-order valence-electron chi connectivity index (χ1n) is 9.82. The Hall–Kier alpha value is -2.76. The van der Waals surface area contributed by atoms with E-state index in [1.807, 2.05) is 49.3 Å². The molecule has 2 N–H and O–H groups in total. The molecule has 0 spiro atoms. The van der Waals surface area contributed by atoms with Gasteiger partial charge in [0.05, 0.1) is 19.3 Å². The standard InChI is InChI=1S/C22H33N5O/c1-6-23-22(25-16-19-8-7-9-21(26-19)27(3)4)24-15-14-17(2)18-10-12-20(28-5)13-11-18/h7-13,17H,6,14-16H2,1-5H3,(H2,23,24,25). The van der Waals surface area contributed by atoms with Gasteiger partial charge >= 0.3 is 0 Å². The van der Waals surface area contributed by atoms with E-state index < -0.39 is 0 Å². The molecule has 2 aromatic rings. The molecule has 0 saturated carbocycles. The van der Waals surface area contributed by atoms with Gasteiger partial charge in [0.15, 0.2) is 5.96 Å². The van der Waals surface area contributed by atoms with Crippen LogP contribution < -0.4 is 20.3 Å². The highest BCUT2D eigenvalue weighted by Crippen LogP contribution is 2.21. The first-order valence-corrected chi connectivity index (χ1v) is 9.82. The summed E-state index contributed by atoms with van der Waals surface area (Å²) >= 11 is 0. The second-order valence-electron chi connectivity index (χ2n) is 6.97. The summed E-state index contributed by atoms with van der Waals surface area (Å²) in [7, 11) is 5.67. The lowest BCUT2D eigenvalue weighted by atomic mass is 9.98. The molecule has 152 valence electrons. The van der Waals surface area contributed by atoms with Crippen LogP contribution in [0.3, 0.4) is 0 Å². The molecule has 0 fully saturated rings. The van der Waals surface area contributed by atoms with E-state index >= 15 is 0 Å². The molecule has 2 rings (SSSR count). The minimum Gasteiger partial charge on any atom is -0.497 e. The molecule has 6 nitrogen and oxygen atoms in total. The first-order chi connectivity index (χ1) is 13.5. The zero-order valence-electron chi connectivity index (χ0n) is 17.7. The number of anilines is 1. The Morgan fingerprint density at radius 1 is 1.14 bits per heavy atom. The van der Waals surface area contributed by atoms with Crippen molar-refractivity contribution in [3.05, 3.63) is 53.7 Å². The van der Waals surface area contributed by atoms with Crippen molar-refractivity contribution in [1.82, 2.24) is 15.6 Å². The van der Waals surface area contributed by atoms with E-state index in [-0.39, 0.29) is 0 Å². The molecule has 0 saturated heterocycles. The zero-order valence-corrected chi connectivity index (χ0v) is 17.7. The third kappa shape index (κ3) is 6.76. The fourth-order valence-corrected chi connectivity index (χ4v) is 2.81. The summed E-state index contributed by atoms with van der Waals surface area (Å²) in [6.07, 6.45) is 1.02. The fourth-order valence-electron chi connectivity index (χ4n) is 2.81. The van der Waals surface area contributed by atoms with Crippen LogP contribution in [0.25, 0.3) is 0 Å². The van der Waals surface area contributed by atoms with Gasteiger partial charge in [0.2, 0.25) is 0 Å². The highest BCUT2D eigenvalue weighted by atomic mass is 16.5. The molecule has 1 aromatic carbocycles. The van der Waals surface area contributed by atoms with Crippen LogP contribution in [-0.4, -0.2) is 45.2 Å². The minimum atomic E-state index is 0.458. The van der Waals surface area contributed by atoms with Gasteiger partial charge in [0.25, 0.3) is 0 Å². The summed E-state index contributed by atoms with van der Waals surface area (Å²) in [5.74, 6) is 3.11. The Bertz CT molecular complexity index is 743. The topological polar surface area (TPSA) is 61.8 Å². The number of rotatable bonds is 9. The Labute approximate surface area is 169 Å². The van der Waals surface area contributed by atoms with Gasteiger partial charge in [-0.1, -0.05) is 25.1 Å². The summed E-state index contributed by atoms with van der Waals surface area (Å²) in [5, 5.41) is 6.73. The van der Waals surface area contributed by atoms with Crippen molar-refractivity contribution in [2.45, 2.75) is 32.7 Å². The molecular weight excluding hydrogens is 350 g/mol. The fraction of sp³-hybridized carbons (Fsp3) is 0.455. The average molecular weight is 384 g/mol. The molecule has 0 aliphatic heterocycles. The average Bonchev–Trinajstić information content (AvgIpc) is 2.72. The summed E-state index contributed by atoms with van der Waals surface area (Å²) in [5.41, 5.74) is 2.27. The van der Waals surface area contributed by atoms with Crippen molar-refractivity contribution in [3.8, 4) is 5.75 Å². The van der Waals surface area contributed by atoms with Gasteiger partial charge in [-0.25, -0.2) is 9.98 Å². The quantitative estimate of drug-likeness (QED) is 0.513. The Balaban J connectivity index is 1.89. The van der Waals surface area contributed by atoms with Crippen LogP contribution in [0, 0.1) is 0 Å². The largest absolute Gasteiger partial charge is 0.497 e. The van der Waals surface area contributed by atoms with Gasteiger partial charge in [-0.05, 0) is 49.1 Å². The smallest absolute Gasteiger partial charge is 0.191 e. The van der Waals surface area contributed by atoms with Crippen molar-refractivity contribution in [3.63, 3.8) is 0 Å². The number of guanidine groups is 1. The number of methoxy groups -OCH3 is 1. The molecule has 1 heterocycles. The van der Waals surface area contributed by atoms with Crippen molar-refractivity contribution in [1.29, 1.82) is 0 Å². The lowest BCUT2D eigenvalue weighted by Gasteiger charge is -2.15. The van der Waals surface area contributed by atoms with E-state index in [0.717, 1.165) is 42.7 Å². The number of hydrogen-bond acceptors (Lipinski definition) is 4. The van der Waals surface area contributed by atoms with Gasteiger partial charge in [-0.3, -0.25) is 0 Å². The van der Waals surface area contributed by atoms with Crippen LogP contribution in [0.4, 0.5) is 5.82 Å². The maximum absolute atomic E-state index is 5.23. The third-order valence-corrected chi connectivity index (χ3v) is 4.55. The van der Waals surface area contributed by atoms with Crippen LogP contribution in [-0.2, 0) is 6.54 Å².